The quantitative estimate of drug-likeness (QED) is 0.877. The topological polar surface area (TPSA) is 90.4 Å². The van der Waals surface area contributed by atoms with Crippen LogP contribution in [0.5, 0.6) is 17.2 Å². The van der Waals surface area contributed by atoms with Gasteiger partial charge in [-0.1, -0.05) is 12.8 Å². The fourth-order valence-electron chi connectivity index (χ4n) is 3.59. The predicted octanol–water partition coefficient (Wildman–Crippen LogP) is 3.89. The molecule has 1 aromatic heterocycles. The number of nitrogen functional groups attached to an aromatic ring is 1. The van der Waals surface area contributed by atoms with E-state index >= 15 is 0 Å². The van der Waals surface area contributed by atoms with Crippen LogP contribution in [0, 0.1) is 11.3 Å². The van der Waals surface area contributed by atoms with Gasteiger partial charge in [0.1, 0.15) is 23.2 Å². The molecule has 0 spiro atoms. The zero-order chi connectivity index (χ0) is 18.7. The second kappa shape index (κ2) is 7.52. The van der Waals surface area contributed by atoms with Crippen LogP contribution >= 0.6 is 0 Å². The van der Waals surface area contributed by atoms with Gasteiger partial charge < -0.3 is 19.9 Å². The van der Waals surface area contributed by atoms with Crippen molar-refractivity contribution in [2.45, 2.75) is 31.6 Å². The summed E-state index contributed by atoms with van der Waals surface area (Å²) in [6.07, 6.45) is 4.59. The zero-order valence-electron chi connectivity index (χ0n) is 15.3. The summed E-state index contributed by atoms with van der Waals surface area (Å²) in [4.78, 5) is 4.50. The second-order valence-electron chi connectivity index (χ2n) is 6.36. The van der Waals surface area contributed by atoms with Crippen molar-refractivity contribution >= 4 is 5.82 Å². The Morgan fingerprint density at radius 1 is 0.962 bits per heavy atom. The van der Waals surface area contributed by atoms with Crippen molar-refractivity contribution in [2.24, 2.45) is 0 Å². The van der Waals surface area contributed by atoms with E-state index in [2.05, 4.69) is 11.1 Å². The number of hydrogen-bond donors (Lipinski definition) is 1. The van der Waals surface area contributed by atoms with Crippen molar-refractivity contribution in [3.8, 4) is 34.4 Å². The number of methoxy groups -OCH3 is 3. The average molecular weight is 353 g/mol. The number of rotatable bonds is 5. The van der Waals surface area contributed by atoms with Gasteiger partial charge in [0.25, 0.3) is 0 Å². The Bertz CT molecular complexity index is 852. The van der Waals surface area contributed by atoms with Crippen molar-refractivity contribution < 1.29 is 14.2 Å². The third-order valence-corrected chi connectivity index (χ3v) is 4.95. The van der Waals surface area contributed by atoms with E-state index in [1.54, 1.807) is 27.4 Å². The van der Waals surface area contributed by atoms with E-state index in [9.17, 15) is 5.26 Å². The predicted molar refractivity (Wildman–Crippen MR) is 99.7 cm³/mol. The molecular weight excluding hydrogens is 330 g/mol. The lowest BCUT2D eigenvalue weighted by Crippen LogP contribution is -2.05. The molecule has 0 aliphatic heterocycles. The lowest BCUT2D eigenvalue weighted by molar-refractivity contribution is 0.349. The first-order chi connectivity index (χ1) is 12.6. The van der Waals surface area contributed by atoms with Gasteiger partial charge in [0.2, 0.25) is 0 Å². The molecule has 0 saturated heterocycles. The van der Waals surface area contributed by atoms with Crippen LogP contribution < -0.4 is 19.9 Å². The van der Waals surface area contributed by atoms with E-state index in [1.165, 1.54) is 12.8 Å². The molecule has 3 rings (SSSR count). The third kappa shape index (κ3) is 3.13. The number of aromatic nitrogens is 1. The van der Waals surface area contributed by atoms with Crippen molar-refractivity contribution in [1.82, 2.24) is 4.98 Å². The van der Waals surface area contributed by atoms with E-state index in [4.69, 9.17) is 19.9 Å². The SMILES string of the molecule is COc1cc(OC)c(-c2cc(C3CCCC3)nc(N)c2C#N)cc1OC. The molecule has 1 aromatic carbocycles. The van der Waals surface area contributed by atoms with Crippen LogP contribution in [-0.2, 0) is 0 Å². The van der Waals surface area contributed by atoms with Crippen molar-refractivity contribution in [1.29, 1.82) is 5.26 Å². The molecule has 1 heterocycles. The Kier molecular flexibility index (Phi) is 5.17. The van der Waals surface area contributed by atoms with Gasteiger partial charge in [0, 0.05) is 28.8 Å². The number of benzene rings is 1. The standard InChI is InChI=1S/C20H23N3O3/c1-24-17-10-19(26-3)18(25-2)9-14(17)13-8-16(12-6-4-5-7-12)23-20(22)15(13)11-21/h8-10,12H,4-7H2,1-3H3,(H2,22,23). The summed E-state index contributed by atoms with van der Waals surface area (Å²) >= 11 is 0. The number of hydrogen-bond acceptors (Lipinski definition) is 6. The first kappa shape index (κ1) is 17.9. The van der Waals surface area contributed by atoms with E-state index in [0.29, 0.717) is 34.3 Å². The molecule has 1 aliphatic rings. The molecule has 0 atom stereocenters. The molecule has 6 heteroatoms. The van der Waals surface area contributed by atoms with Gasteiger partial charge in [-0.15, -0.1) is 0 Å². The van der Waals surface area contributed by atoms with Gasteiger partial charge >= 0.3 is 0 Å². The first-order valence-electron chi connectivity index (χ1n) is 8.63. The average Bonchev–Trinajstić information content (AvgIpc) is 3.21. The number of pyridine rings is 1. The molecule has 136 valence electrons. The monoisotopic (exact) mass is 353 g/mol. The molecule has 1 fully saturated rings. The number of ether oxygens (including phenoxy) is 3. The molecule has 0 unspecified atom stereocenters. The summed E-state index contributed by atoms with van der Waals surface area (Å²) in [6, 6.07) is 7.71. The normalized spacial score (nSPS) is 14.1. The molecular formula is C20H23N3O3. The van der Waals surface area contributed by atoms with Crippen LogP contribution in [0.1, 0.15) is 42.9 Å². The smallest absolute Gasteiger partial charge is 0.164 e. The highest BCUT2D eigenvalue weighted by molar-refractivity contribution is 5.81. The van der Waals surface area contributed by atoms with Gasteiger partial charge in [0.05, 0.1) is 21.3 Å². The maximum Gasteiger partial charge on any atom is 0.164 e. The van der Waals surface area contributed by atoms with E-state index in [1.807, 2.05) is 12.1 Å². The summed E-state index contributed by atoms with van der Waals surface area (Å²) in [5.41, 5.74) is 8.85. The number of anilines is 1. The second-order valence-corrected chi connectivity index (χ2v) is 6.36. The maximum absolute atomic E-state index is 9.64. The van der Waals surface area contributed by atoms with Crippen molar-refractivity contribution in [3.05, 3.63) is 29.5 Å². The summed E-state index contributed by atoms with van der Waals surface area (Å²) in [7, 11) is 4.73. The minimum atomic E-state index is 0.253. The Hall–Kier alpha value is -2.94. The summed E-state index contributed by atoms with van der Waals surface area (Å²) in [6.45, 7) is 0. The molecule has 2 aromatic rings. The molecule has 0 amide bonds. The summed E-state index contributed by atoms with van der Waals surface area (Å²) < 4.78 is 16.3. The number of nitrogens with zero attached hydrogens (tertiary/aromatic N) is 2. The molecule has 6 nitrogen and oxygen atoms in total. The fourth-order valence-corrected chi connectivity index (χ4v) is 3.59. The minimum Gasteiger partial charge on any atom is -0.496 e. The van der Waals surface area contributed by atoms with E-state index < -0.39 is 0 Å². The lowest BCUT2D eigenvalue weighted by atomic mass is 9.94. The molecule has 1 saturated carbocycles. The Balaban J connectivity index is 2.23. The van der Waals surface area contributed by atoms with Crippen LogP contribution in [0.4, 0.5) is 5.82 Å². The lowest BCUT2D eigenvalue weighted by Gasteiger charge is -2.17. The van der Waals surface area contributed by atoms with Crippen LogP contribution in [-0.4, -0.2) is 26.3 Å². The van der Waals surface area contributed by atoms with Crippen molar-refractivity contribution in [3.63, 3.8) is 0 Å². The van der Waals surface area contributed by atoms with Gasteiger partial charge in [-0.3, -0.25) is 0 Å². The highest BCUT2D eigenvalue weighted by Gasteiger charge is 2.24. The van der Waals surface area contributed by atoms with Crippen LogP contribution in [0.2, 0.25) is 0 Å². The summed E-state index contributed by atoms with van der Waals surface area (Å²) in [5.74, 6) is 2.34. The Morgan fingerprint density at radius 2 is 1.58 bits per heavy atom. The highest BCUT2D eigenvalue weighted by atomic mass is 16.5. The molecule has 0 bridgehead atoms. The molecule has 2 N–H and O–H groups in total. The van der Waals surface area contributed by atoms with E-state index in [-0.39, 0.29) is 5.82 Å². The van der Waals surface area contributed by atoms with Gasteiger partial charge in [-0.25, -0.2) is 4.98 Å². The van der Waals surface area contributed by atoms with E-state index in [0.717, 1.165) is 24.1 Å². The first-order valence-corrected chi connectivity index (χ1v) is 8.63. The largest absolute Gasteiger partial charge is 0.496 e. The zero-order valence-corrected chi connectivity index (χ0v) is 15.3. The van der Waals surface area contributed by atoms with Crippen LogP contribution in [0.25, 0.3) is 11.1 Å². The maximum atomic E-state index is 9.64. The van der Waals surface area contributed by atoms with Gasteiger partial charge in [-0.05, 0) is 25.0 Å². The molecule has 1 aliphatic carbocycles. The van der Waals surface area contributed by atoms with Gasteiger partial charge in [0.15, 0.2) is 11.5 Å². The third-order valence-electron chi connectivity index (χ3n) is 4.95. The number of nitriles is 1. The van der Waals surface area contributed by atoms with Crippen LogP contribution in [0.15, 0.2) is 18.2 Å². The molecule has 26 heavy (non-hydrogen) atoms. The number of nitrogens with two attached hydrogens (primary N) is 1. The molecule has 0 radical (unpaired) electrons. The van der Waals surface area contributed by atoms with Crippen LogP contribution in [0.3, 0.4) is 0 Å². The fraction of sp³-hybridized carbons (Fsp3) is 0.400. The minimum absolute atomic E-state index is 0.253. The highest BCUT2D eigenvalue weighted by Crippen LogP contribution is 2.43. The van der Waals surface area contributed by atoms with Gasteiger partial charge in [-0.2, -0.15) is 5.26 Å². The Labute approximate surface area is 153 Å². The Morgan fingerprint density at radius 3 is 2.15 bits per heavy atom. The van der Waals surface area contributed by atoms with Crippen molar-refractivity contribution in [2.75, 3.05) is 27.1 Å². The summed E-state index contributed by atoms with van der Waals surface area (Å²) in [5, 5.41) is 9.64.